The van der Waals surface area contributed by atoms with Gasteiger partial charge in [0.15, 0.2) is 11.5 Å². The predicted molar refractivity (Wildman–Crippen MR) is 111 cm³/mol. The Hall–Kier alpha value is -3.16. The molecule has 0 atom stereocenters. The highest BCUT2D eigenvalue weighted by atomic mass is 35.5. The van der Waals surface area contributed by atoms with Gasteiger partial charge in [0.1, 0.15) is 11.5 Å². The van der Waals surface area contributed by atoms with Crippen molar-refractivity contribution in [2.75, 3.05) is 18.7 Å². The number of hydrogen-bond donors (Lipinski definition) is 2. The van der Waals surface area contributed by atoms with Crippen molar-refractivity contribution in [2.45, 2.75) is 0 Å². The molecule has 1 aliphatic heterocycles. The van der Waals surface area contributed by atoms with E-state index in [1.54, 1.807) is 48.5 Å². The van der Waals surface area contributed by atoms with Crippen LogP contribution in [0.5, 0.6) is 11.5 Å². The van der Waals surface area contributed by atoms with Crippen molar-refractivity contribution in [3.8, 4) is 22.8 Å². The predicted octanol–water partition coefficient (Wildman–Crippen LogP) is 4.54. The molecule has 0 fully saturated rings. The topological polar surface area (TPSA) is 85.1 Å². The lowest BCUT2D eigenvalue weighted by Crippen LogP contribution is -2.25. The molecule has 9 heteroatoms. The Morgan fingerprint density at radius 1 is 1.10 bits per heavy atom. The molecule has 3 aromatic rings. The van der Waals surface area contributed by atoms with Gasteiger partial charge in [0.2, 0.25) is 6.79 Å². The lowest BCUT2D eigenvalue weighted by Gasteiger charge is -2.06. The Bertz CT molecular complexity index is 1080. The molecule has 148 valence electrons. The molecule has 0 saturated heterocycles. The van der Waals surface area contributed by atoms with Gasteiger partial charge in [0.25, 0.3) is 5.91 Å². The Morgan fingerprint density at radius 2 is 1.97 bits per heavy atom. The molecule has 2 aromatic carbocycles. The molecule has 2 N–H and O–H groups in total. The van der Waals surface area contributed by atoms with Gasteiger partial charge in [-0.2, -0.15) is 5.10 Å². The fraction of sp³-hybridized carbons (Fsp3) is 0.100. The summed E-state index contributed by atoms with van der Waals surface area (Å²) in [5.74, 6) is 2.02. The highest BCUT2D eigenvalue weighted by molar-refractivity contribution is 6.43. The molecule has 0 radical (unpaired) electrons. The summed E-state index contributed by atoms with van der Waals surface area (Å²) >= 11 is 12.2. The van der Waals surface area contributed by atoms with E-state index in [-0.39, 0.29) is 19.2 Å². The van der Waals surface area contributed by atoms with Crippen molar-refractivity contribution in [1.29, 1.82) is 0 Å². The summed E-state index contributed by atoms with van der Waals surface area (Å²) in [4.78, 5) is 11.9. The van der Waals surface area contributed by atoms with Crippen LogP contribution in [0.1, 0.15) is 5.76 Å². The summed E-state index contributed by atoms with van der Waals surface area (Å²) in [7, 11) is 0. The number of benzene rings is 2. The minimum Gasteiger partial charge on any atom is -0.455 e. The number of ether oxygens (including phenoxy) is 2. The quantitative estimate of drug-likeness (QED) is 0.441. The molecule has 0 unspecified atom stereocenters. The van der Waals surface area contributed by atoms with E-state index < -0.39 is 0 Å². The summed E-state index contributed by atoms with van der Waals surface area (Å²) in [5.41, 5.74) is 3.84. The summed E-state index contributed by atoms with van der Waals surface area (Å²) in [6, 6.07) is 14.1. The van der Waals surface area contributed by atoms with Crippen LogP contribution in [-0.4, -0.2) is 25.5 Å². The second kappa shape index (κ2) is 8.46. The van der Waals surface area contributed by atoms with Crippen LogP contribution >= 0.6 is 23.2 Å². The van der Waals surface area contributed by atoms with Gasteiger partial charge in [-0.15, -0.1) is 0 Å². The molecule has 4 rings (SSSR count). The van der Waals surface area contributed by atoms with E-state index in [9.17, 15) is 4.79 Å². The monoisotopic (exact) mass is 431 g/mol. The van der Waals surface area contributed by atoms with Crippen molar-refractivity contribution < 1.29 is 18.7 Å². The number of halogens is 2. The SMILES string of the molecule is O=C(CNc1ccc2c(c1)OCO2)N/N=C\c1ccc(-c2cccc(Cl)c2Cl)o1. The third-order valence-electron chi connectivity index (χ3n) is 4.05. The second-order valence-electron chi connectivity index (χ2n) is 6.02. The first-order valence-electron chi connectivity index (χ1n) is 8.60. The zero-order valence-corrected chi connectivity index (χ0v) is 16.5. The van der Waals surface area contributed by atoms with Crippen LogP contribution in [0.15, 0.2) is 58.0 Å². The Balaban J connectivity index is 1.30. The number of amides is 1. The van der Waals surface area contributed by atoms with Gasteiger partial charge in [-0.1, -0.05) is 29.3 Å². The smallest absolute Gasteiger partial charge is 0.259 e. The molecule has 0 aliphatic carbocycles. The molecule has 2 heterocycles. The molecule has 0 bridgehead atoms. The van der Waals surface area contributed by atoms with Crippen LogP contribution in [0, 0.1) is 0 Å². The van der Waals surface area contributed by atoms with E-state index in [0.717, 1.165) is 5.69 Å². The lowest BCUT2D eigenvalue weighted by molar-refractivity contribution is -0.119. The number of carbonyl (C=O) groups excluding carboxylic acids is 1. The van der Waals surface area contributed by atoms with Gasteiger partial charge >= 0.3 is 0 Å². The molecular formula is C20H15Cl2N3O4. The summed E-state index contributed by atoms with van der Waals surface area (Å²) < 4.78 is 16.2. The minimum atomic E-state index is -0.316. The van der Waals surface area contributed by atoms with Gasteiger partial charge in [0.05, 0.1) is 22.8 Å². The fourth-order valence-corrected chi connectivity index (χ4v) is 3.05. The molecule has 0 spiro atoms. The van der Waals surface area contributed by atoms with Crippen molar-refractivity contribution >= 4 is 41.0 Å². The molecular weight excluding hydrogens is 417 g/mol. The average molecular weight is 432 g/mol. The Morgan fingerprint density at radius 3 is 2.86 bits per heavy atom. The third kappa shape index (κ3) is 4.47. The van der Waals surface area contributed by atoms with Crippen molar-refractivity contribution in [1.82, 2.24) is 5.43 Å². The fourth-order valence-electron chi connectivity index (χ4n) is 2.66. The van der Waals surface area contributed by atoms with E-state index in [2.05, 4.69) is 15.8 Å². The average Bonchev–Trinajstić information content (AvgIpc) is 3.37. The van der Waals surface area contributed by atoms with E-state index in [0.29, 0.717) is 38.6 Å². The molecule has 29 heavy (non-hydrogen) atoms. The zero-order chi connectivity index (χ0) is 20.2. The molecule has 1 aromatic heterocycles. The Kier molecular flexibility index (Phi) is 5.59. The maximum absolute atomic E-state index is 11.9. The number of fused-ring (bicyclic) bond motifs is 1. The Labute approximate surface area is 176 Å². The first-order valence-corrected chi connectivity index (χ1v) is 9.35. The van der Waals surface area contributed by atoms with Crippen molar-refractivity contribution in [2.24, 2.45) is 5.10 Å². The van der Waals surface area contributed by atoms with Gasteiger partial charge in [-0.05, 0) is 36.4 Å². The van der Waals surface area contributed by atoms with E-state index in [1.807, 2.05) is 0 Å². The van der Waals surface area contributed by atoms with Crippen LogP contribution in [0.2, 0.25) is 10.0 Å². The van der Waals surface area contributed by atoms with E-state index in [1.165, 1.54) is 6.21 Å². The first kappa shape index (κ1) is 19.2. The number of carbonyl (C=O) groups is 1. The van der Waals surface area contributed by atoms with Crippen LogP contribution < -0.4 is 20.2 Å². The molecule has 0 saturated carbocycles. The number of hydrogen-bond acceptors (Lipinski definition) is 6. The third-order valence-corrected chi connectivity index (χ3v) is 4.87. The highest BCUT2D eigenvalue weighted by Gasteiger charge is 2.13. The van der Waals surface area contributed by atoms with Crippen molar-refractivity contribution in [3.63, 3.8) is 0 Å². The lowest BCUT2D eigenvalue weighted by atomic mass is 10.2. The van der Waals surface area contributed by atoms with Gasteiger partial charge in [-0.3, -0.25) is 4.79 Å². The number of hydrazone groups is 1. The highest BCUT2D eigenvalue weighted by Crippen LogP contribution is 2.35. The van der Waals surface area contributed by atoms with Crippen LogP contribution in [-0.2, 0) is 4.79 Å². The van der Waals surface area contributed by atoms with E-state index >= 15 is 0 Å². The normalized spacial score (nSPS) is 12.3. The van der Waals surface area contributed by atoms with Crippen LogP contribution in [0.3, 0.4) is 0 Å². The first-order chi connectivity index (χ1) is 14.1. The maximum atomic E-state index is 11.9. The number of nitrogens with zero attached hydrogens (tertiary/aromatic N) is 1. The van der Waals surface area contributed by atoms with E-state index in [4.69, 9.17) is 37.1 Å². The summed E-state index contributed by atoms with van der Waals surface area (Å²) in [6.07, 6.45) is 1.40. The second-order valence-corrected chi connectivity index (χ2v) is 6.80. The standard InChI is InChI=1S/C20H15Cl2N3O4/c21-15-3-1-2-14(20(15)22)16-7-5-13(29-16)9-24-25-19(26)10-23-12-4-6-17-18(8-12)28-11-27-17/h1-9,23H,10-11H2,(H,25,26)/b24-9-. The summed E-state index contributed by atoms with van der Waals surface area (Å²) in [5, 5.41) is 7.74. The minimum absolute atomic E-state index is 0.0402. The number of nitrogens with one attached hydrogen (secondary N) is 2. The van der Waals surface area contributed by atoms with Gasteiger partial charge < -0.3 is 19.2 Å². The molecule has 7 nitrogen and oxygen atoms in total. The molecule has 1 aliphatic rings. The number of anilines is 1. The molecule has 1 amide bonds. The zero-order valence-electron chi connectivity index (χ0n) is 14.9. The maximum Gasteiger partial charge on any atom is 0.259 e. The van der Waals surface area contributed by atoms with Crippen molar-refractivity contribution in [3.05, 3.63) is 64.3 Å². The van der Waals surface area contributed by atoms with Crippen LogP contribution in [0.25, 0.3) is 11.3 Å². The van der Waals surface area contributed by atoms with Crippen LogP contribution in [0.4, 0.5) is 5.69 Å². The van der Waals surface area contributed by atoms with Gasteiger partial charge in [0, 0.05) is 17.3 Å². The number of rotatable bonds is 6. The summed E-state index contributed by atoms with van der Waals surface area (Å²) in [6.45, 7) is 0.241. The van der Waals surface area contributed by atoms with Gasteiger partial charge in [-0.25, -0.2) is 5.43 Å². The largest absolute Gasteiger partial charge is 0.455 e. The number of furan rings is 1.